The summed E-state index contributed by atoms with van der Waals surface area (Å²) in [7, 11) is 1.67. The molecule has 1 atom stereocenters. The Kier molecular flexibility index (Phi) is 2.42. The molecular formula is C11H16N2O. The Morgan fingerprint density at radius 1 is 1.57 bits per heavy atom. The van der Waals surface area contributed by atoms with Crippen LogP contribution >= 0.6 is 0 Å². The number of methoxy groups -OCH3 is 1. The maximum atomic E-state index is 6.02. The third-order valence-corrected chi connectivity index (χ3v) is 2.83. The van der Waals surface area contributed by atoms with Crippen molar-refractivity contribution in [3.05, 3.63) is 23.0 Å². The number of fused-ring (bicyclic) bond motifs is 1. The molecule has 0 amide bonds. The SMILES string of the molecule is COc1cc2c(nc1C)CCCC2N. The minimum Gasteiger partial charge on any atom is -0.495 e. The van der Waals surface area contributed by atoms with Crippen molar-refractivity contribution in [3.63, 3.8) is 0 Å². The van der Waals surface area contributed by atoms with E-state index < -0.39 is 0 Å². The Hall–Kier alpha value is -1.09. The van der Waals surface area contributed by atoms with Gasteiger partial charge in [-0.2, -0.15) is 0 Å². The normalized spacial score (nSPS) is 20.4. The zero-order valence-electron chi connectivity index (χ0n) is 8.71. The maximum Gasteiger partial charge on any atom is 0.140 e. The summed E-state index contributed by atoms with van der Waals surface area (Å²) < 4.78 is 5.24. The van der Waals surface area contributed by atoms with Crippen molar-refractivity contribution in [2.24, 2.45) is 5.73 Å². The lowest BCUT2D eigenvalue weighted by Gasteiger charge is -2.22. The van der Waals surface area contributed by atoms with Crippen LogP contribution < -0.4 is 10.5 Å². The van der Waals surface area contributed by atoms with Crippen molar-refractivity contribution in [2.75, 3.05) is 7.11 Å². The van der Waals surface area contributed by atoms with Crippen molar-refractivity contribution < 1.29 is 4.74 Å². The maximum absolute atomic E-state index is 6.02. The molecule has 14 heavy (non-hydrogen) atoms. The van der Waals surface area contributed by atoms with Crippen LogP contribution in [0.1, 0.15) is 35.8 Å². The molecule has 3 nitrogen and oxygen atoms in total. The van der Waals surface area contributed by atoms with Crippen molar-refractivity contribution in [1.82, 2.24) is 4.98 Å². The van der Waals surface area contributed by atoms with Gasteiger partial charge in [0.25, 0.3) is 0 Å². The number of hydrogen-bond donors (Lipinski definition) is 1. The number of nitrogens with zero attached hydrogens (tertiary/aromatic N) is 1. The monoisotopic (exact) mass is 192 g/mol. The van der Waals surface area contributed by atoms with E-state index in [0.29, 0.717) is 0 Å². The molecule has 0 saturated carbocycles. The fraction of sp³-hybridized carbons (Fsp3) is 0.545. The minimum absolute atomic E-state index is 0.140. The number of aromatic nitrogens is 1. The van der Waals surface area contributed by atoms with Crippen molar-refractivity contribution in [3.8, 4) is 5.75 Å². The largest absolute Gasteiger partial charge is 0.495 e. The average Bonchev–Trinajstić information content (AvgIpc) is 2.17. The van der Waals surface area contributed by atoms with Gasteiger partial charge in [0.1, 0.15) is 5.75 Å². The van der Waals surface area contributed by atoms with Crippen LogP contribution in [0.5, 0.6) is 5.75 Å². The molecule has 0 aromatic carbocycles. The molecule has 0 aliphatic heterocycles. The van der Waals surface area contributed by atoms with Gasteiger partial charge in [0.2, 0.25) is 0 Å². The fourth-order valence-corrected chi connectivity index (χ4v) is 2.02. The van der Waals surface area contributed by atoms with E-state index in [9.17, 15) is 0 Å². The van der Waals surface area contributed by atoms with E-state index in [2.05, 4.69) is 4.98 Å². The van der Waals surface area contributed by atoms with Crippen molar-refractivity contribution >= 4 is 0 Å². The summed E-state index contributed by atoms with van der Waals surface area (Å²) in [5.74, 6) is 0.848. The smallest absolute Gasteiger partial charge is 0.140 e. The first-order chi connectivity index (χ1) is 6.72. The highest BCUT2D eigenvalue weighted by molar-refractivity contribution is 5.37. The molecule has 1 unspecified atom stereocenters. The first kappa shape index (κ1) is 9.46. The standard InChI is InChI=1S/C11H16N2O/c1-7-11(14-2)6-8-9(12)4-3-5-10(8)13-7/h6,9H,3-5,12H2,1-2H3. The van der Waals surface area contributed by atoms with E-state index in [4.69, 9.17) is 10.5 Å². The molecule has 0 fully saturated rings. The van der Waals surface area contributed by atoms with Gasteiger partial charge in [-0.25, -0.2) is 0 Å². The van der Waals surface area contributed by atoms with Crippen molar-refractivity contribution in [1.29, 1.82) is 0 Å². The molecule has 76 valence electrons. The highest BCUT2D eigenvalue weighted by Crippen LogP contribution is 2.30. The van der Waals surface area contributed by atoms with Gasteiger partial charge >= 0.3 is 0 Å². The van der Waals surface area contributed by atoms with Gasteiger partial charge in [0, 0.05) is 11.7 Å². The summed E-state index contributed by atoms with van der Waals surface area (Å²) in [6.07, 6.45) is 3.25. The highest BCUT2D eigenvalue weighted by Gasteiger charge is 2.19. The van der Waals surface area contributed by atoms with Crippen LogP contribution in [0.4, 0.5) is 0 Å². The van der Waals surface area contributed by atoms with Crippen molar-refractivity contribution in [2.45, 2.75) is 32.2 Å². The van der Waals surface area contributed by atoms with E-state index >= 15 is 0 Å². The molecule has 1 aromatic heterocycles. The predicted octanol–water partition coefficient (Wildman–Crippen LogP) is 1.73. The number of hydrogen-bond acceptors (Lipinski definition) is 3. The lowest BCUT2D eigenvalue weighted by atomic mass is 9.91. The zero-order chi connectivity index (χ0) is 10.1. The van der Waals surface area contributed by atoms with Crippen LogP contribution in [0.3, 0.4) is 0 Å². The molecule has 0 saturated heterocycles. The van der Waals surface area contributed by atoms with Crippen LogP contribution in [0.2, 0.25) is 0 Å². The Labute approximate surface area is 84.3 Å². The van der Waals surface area contributed by atoms with Crippen LogP contribution in [0.25, 0.3) is 0 Å². The first-order valence-corrected chi connectivity index (χ1v) is 5.02. The Morgan fingerprint density at radius 3 is 3.07 bits per heavy atom. The van der Waals surface area contributed by atoms with Gasteiger partial charge in [-0.15, -0.1) is 0 Å². The van der Waals surface area contributed by atoms with Crippen LogP contribution in [-0.2, 0) is 6.42 Å². The number of rotatable bonds is 1. The third-order valence-electron chi connectivity index (χ3n) is 2.83. The third kappa shape index (κ3) is 1.48. The quantitative estimate of drug-likeness (QED) is 0.737. The van der Waals surface area contributed by atoms with E-state index in [-0.39, 0.29) is 6.04 Å². The molecule has 2 N–H and O–H groups in total. The number of aryl methyl sites for hydroxylation is 2. The molecule has 1 heterocycles. The summed E-state index contributed by atoms with van der Waals surface area (Å²) in [6.45, 7) is 1.97. The van der Waals surface area contributed by atoms with E-state index in [0.717, 1.165) is 36.4 Å². The summed E-state index contributed by atoms with van der Waals surface area (Å²) in [4.78, 5) is 4.53. The minimum atomic E-state index is 0.140. The predicted molar refractivity (Wildman–Crippen MR) is 55.4 cm³/mol. The zero-order valence-corrected chi connectivity index (χ0v) is 8.71. The number of pyridine rings is 1. The van der Waals surface area contributed by atoms with Gasteiger partial charge in [-0.05, 0) is 37.8 Å². The second-order valence-corrected chi connectivity index (χ2v) is 3.81. The highest BCUT2D eigenvalue weighted by atomic mass is 16.5. The lowest BCUT2D eigenvalue weighted by molar-refractivity contribution is 0.405. The van der Waals surface area contributed by atoms with Gasteiger partial charge in [-0.3, -0.25) is 4.98 Å². The molecule has 0 radical (unpaired) electrons. The Balaban J connectivity index is 2.49. The summed E-state index contributed by atoms with van der Waals surface area (Å²) >= 11 is 0. The second-order valence-electron chi connectivity index (χ2n) is 3.81. The van der Waals surface area contributed by atoms with Crippen LogP contribution in [0, 0.1) is 6.92 Å². The van der Waals surface area contributed by atoms with Crippen LogP contribution in [-0.4, -0.2) is 12.1 Å². The Morgan fingerprint density at radius 2 is 2.36 bits per heavy atom. The Bertz CT molecular complexity index is 349. The average molecular weight is 192 g/mol. The van der Waals surface area contributed by atoms with Gasteiger partial charge < -0.3 is 10.5 Å². The summed E-state index contributed by atoms with van der Waals surface area (Å²) in [5.41, 5.74) is 9.30. The molecule has 0 bridgehead atoms. The number of nitrogens with two attached hydrogens (primary N) is 1. The molecule has 1 aliphatic carbocycles. The molecule has 1 aromatic rings. The molecule has 1 aliphatic rings. The summed E-state index contributed by atoms with van der Waals surface area (Å²) in [5, 5.41) is 0. The van der Waals surface area contributed by atoms with E-state index in [1.54, 1.807) is 7.11 Å². The lowest BCUT2D eigenvalue weighted by Crippen LogP contribution is -2.19. The topological polar surface area (TPSA) is 48.1 Å². The molecule has 2 rings (SSSR count). The first-order valence-electron chi connectivity index (χ1n) is 5.02. The van der Waals surface area contributed by atoms with Crippen LogP contribution in [0.15, 0.2) is 6.07 Å². The van der Waals surface area contributed by atoms with Gasteiger partial charge in [0.15, 0.2) is 0 Å². The van der Waals surface area contributed by atoms with Gasteiger partial charge in [0.05, 0.1) is 12.8 Å². The molecule has 3 heteroatoms. The van der Waals surface area contributed by atoms with E-state index in [1.165, 1.54) is 5.56 Å². The van der Waals surface area contributed by atoms with Gasteiger partial charge in [-0.1, -0.05) is 0 Å². The summed E-state index contributed by atoms with van der Waals surface area (Å²) in [6, 6.07) is 2.18. The molecule has 0 spiro atoms. The van der Waals surface area contributed by atoms with E-state index in [1.807, 2.05) is 13.0 Å². The number of ether oxygens (including phenoxy) is 1. The molecular weight excluding hydrogens is 176 g/mol. The second kappa shape index (κ2) is 3.58. The fourth-order valence-electron chi connectivity index (χ4n) is 2.02.